The second-order valence-electron chi connectivity index (χ2n) is 4.76. The van der Waals surface area contributed by atoms with Gasteiger partial charge in [-0.1, -0.05) is 24.4 Å². The highest BCUT2D eigenvalue weighted by Crippen LogP contribution is 2.20. The van der Waals surface area contributed by atoms with Crippen molar-refractivity contribution in [1.82, 2.24) is 5.32 Å². The number of benzene rings is 1. The van der Waals surface area contributed by atoms with Crippen LogP contribution in [0.5, 0.6) is 0 Å². The number of ether oxygens (including phenoxy) is 1. The van der Waals surface area contributed by atoms with Gasteiger partial charge in [0.05, 0.1) is 18.3 Å². The van der Waals surface area contributed by atoms with Gasteiger partial charge >= 0.3 is 0 Å². The summed E-state index contributed by atoms with van der Waals surface area (Å²) in [5, 5.41) is 3.29. The van der Waals surface area contributed by atoms with Crippen LogP contribution in [0.4, 0.5) is 5.69 Å². The predicted octanol–water partition coefficient (Wildman–Crippen LogP) is 2.61. The topological polar surface area (TPSA) is 64.4 Å². The Morgan fingerprint density at radius 2 is 2.16 bits per heavy atom. The smallest absolute Gasteiger partial charge is 0.253 e. The number of hydrogen-bond acceptors (Lipinski definition) is 3. The third-order valence-corrected chi connectivity index (χ3v) is 3.54. The molecule has 1 amide bonds. The van der Waals surface area contributed by atoms with Gasteiger partial charge in [0, 0.05) is 17.3 Å². The molecule has 19 heavy (non-hydrogen) atoms. The summed E-state index contributed by atoms with van der Waals surface area (Å²) in [6, 6.07) is 4.87. The summed E-state index contributed by atoms with van der Waals surface area (Å²) in [7, 11) is 0. The zero-order chi connectivity index (χ0) is 13.7. The molecule has 0 bridgehead atoms. The Bertz CT molecular complexity index is 445. The minimum atomic E-state index is -0.213. The molecule has 0 aromatic heterocycles. The molecule has 0 atom stereocenters. The first-order valence-corrected chi connectivity index (χ1v) is 6.99. The highest BCUT2D eigenvalue weighted by atomic mass is 35.5. The minimum absolute atomic E-state index is 0.213. The molecule has 0 aliphatic heterocycles. The number of nitrogen functional groups attached to an aromatic ring is 1. The number of halogens is 1. The van der Waals surface area contributed by atoms with Crippen molar-refractivity contribution in [2.45, 2.75) is 31.8 Å². The molecule has 2 rings (SSSR count). The molecule has 1 aromatic carbocycles. The molecule has 0 saturated heterocycles. The first-order valence-electron chi connectivity index (χ1n) is 6.61. The molecule has 0 radical (unpaired) electrons. The fourth-order valence-corrected chi connectivity index (χ4v) is 2.44. The fourth-order valence-electron chi connectivity index (χ4n) is 2.27. The SMILES string of the molecule is Nc1ccc(Cl)cc1C(=O)NCCOC1CCCC1. The summed E-state index contributed by atoms with van der Waals surface area (Å²) in [4.78, 5) is 11.9. The Hall–Kier alpha value is -1.26. The maximum absolute atomic E-state index is 11.9. The Kier molecular flexibility index (Phi) is 5.05. The van der Waals surface area contributed by atoms with Gasteiger partial charge in [-0.05, 0) is 31.0 Å². The quantitative estimate of drug-likeness (QED) is 0.644. The summed E-state index contributed by atoms with van der Waals surface area (Å²) >= 11 is 5.85. The van der Waals surface area contributed by atoms with E-state index in [1.807, 2.05) is 0 Å². The number of carbonyl (C=O) groups is 1. The van der Waals surface area contributed by atoms with Gasteiger partial charge in [-0.15, -0.1) is 0 Å². The van der Waals surface area contributed by atoms with Gasteiger partial charge in [-0.3, -0.25) is 4.79 Å². The fraction of sp³-hybridized carbons (Fsp3) is 0.500. The van der Waals surface area contributed by atoms with Crippen LogP contribution in [0.15, 0.2) is 18.2 Å². The van der Waals surface area contributed by atoms with E-state index in [9.17, 15) is 4.79 Å². The molecule has 0 spiro atoms. The largest absolute Gasteiger partial charge is 0.398 e. The lowest BCUT2D eigenvalue weighted by Gasteiger charge is -2.12. The molecule has 0 unspecified atom stereocenters. The maximum Gasteiger partial charge on any atom is 0.253 e. The van der Waals surface area contributed by atoms with E-state index in [4.69, 9.17) is 22.1 Å². The van der Waals surface area contributed by atoms with Crippen LogP contribution < -0.4 is 11.1 Å². The van der Waals surface area contributed by atoms with Gasteiger partial charge in [0.15, 0.2) is 0 Å². The third-order valence-electron chi connectivity index (χ3n) is 3.30. The lowest BCUT2D eigenvalue weighted by molar-refractivity contribution is 0.0582. The number of amides is 1. The summed E-state index contributed by atoms with van der Waals surface area (Å²) in [5.74, 6) is -0.213. The van der Waals surface area contributed by atoms with Gasteiger partial charge in [-0.25, -0.2) is 0 Å². The van der Waals surface area contributed by atoms with Crippen molar-refractivity contribution in [3.63, 3.8) is 0 Å². The number of carbonyl (C=O) groups excluding carboxylic acids is 1. The van der Waals surface area contributed by atoms with Gasteiger partial charge in [0.1, 0.15) is 0 Å². The molecule has 1 fully saturated rings. The summed E-state index contributed by atoms with van der Waals surface area (Å²) < 4.78 is 5.67. The standard InChI is InChI=1S/C14H19ClN2O2/c15-10-5-6-13(16)12(9-10)14(18)17-7-8-19-11-3-1-2-4-11/h5-6,9,11H,1-4,7-8,16H2,(H,17,18). The van der Waals surface area contributed by atoms with Crippen LogP contribution >= 0.6 is 11.6 Å². The second-order valence-corrected chi connectivity index (χ2v) is 5.20. The summed E-state index contributed by atoms with van der Waals surface area (Å²) in [6.07, 6.45) is 5.13. The molecule has 1 aliphatic carbocycles. The molecule has 1 aromatic rings. The maximum atomic E-state index is 11.9. The van der Waals surface area contributed by atoms with E-state index in [0.717, 1.165) is 12.8 Å². The van der Waals surface area contributed by atoms with Crippen LogP contribution in [0, 0.1) is 0 Å². The minimum Gasteiger partial charge on any atom is -0.398 e. The molecule has 1 aliphatic rings. The average molecular weight is 283 g/mol. The van der Waals surface area contributed by atoms with Crippen LogP contribution in [-0.4, -0.2) is 25.2 Å². The molecule has 0 heterocycles. The summed E-state index contributed by atoms with van der Waals surface area (Å²) in [6.45, 7) is 1.03. The van der Waals surface area contributed by atoms with Gasteiger partial charge < -0.3 is 15.8 Å². The normalized spacial score (nSPS) is 15.6. The lowest BCUT2D eigenvalue weighted by Crippen LogP contribution is -2.29. The van der Waals surface area contributed by atoms with Crippen molar-refractivity contribution in [2.75, 3.05) is 18.9 Å². The molecule has 5 heteroatoms. The second kappa shape index (κ2) is 6.78. The number of rotatable bonds is 5. The highest BCUT2D eigenvalue weighted by Gasteiger charge is 2.15. The van der Waals surface area contributed by atoms with Crippen molar-refractivity contribution >= 4 is 23.2 Å². The number of nitrogens with one attached hydrogen (secondary N) is 1. The Morgan fingerprint density at radius 1 is 1.42 bits per heavy atom. The Labute approximate surface area is 118 Å². The van der Waals surface area contributed by atoms with E-state index >= 15 is 0 Å². The Balaban J connectivity index is 1.75. The van der Waals surface area contributed by atoms with Crippen molar-refractivity contribution in [3.05, 3.63) is 28.8 Å². The number of hydrogen-bond donors (Lipinski definition) is 2. The van der Waals surface area contributed by atoms with Crippen LogP contribution in [0.25, 0.3) is 0 Å². The predicted molar refractivity (Wildman–Crippen MR) is 76.4 cm³/mol. The van der Waals surface area contributed by atoms with E-state index in [-0.39, 0.29) is 5.91 Å². The van der Waals surface area contributed by atoms with Crippen LogP contribution in [0.1, 0.15) is 36.0 Å². The van der Waals surface area contributed by atoms with E-state index in [1.54, 1.807) is 18.2 Å². The van der Waals surface area contributed by atoms with E-state index < -0.39 is 0 Å². The number of anilines is 1. The zero-order valence-electron chi connectivity index (χ0n) is 10.8. The Morgan fingerprint density at radius 3 is 2.89 bits per heavy atom. The van der Waals surface area contributed by atoms with E-state index in [0.29, 0.717) is 35.5 Å². The molecular weight excluding hydrogens is 264 g/mol. The molecule has 104 valence electrons. The van der Waals surface area contributed by atoms with Crippen molar-refractivity contribution < 1.29 is 9.53 Å². The summed E-state index contributed by atoms with van der Waals surface area (Å²) in [5.41, 5.74) is 6.58. The van der Waals surface area contributed by atoms with Crippen LogP contribution in [-0.2, 0) is 4.74 Å². The lowest BCUT2D eigenvalue weighted by atomic mass is 10.1. The number of nitrogens with two attached hydrogens (primary N) is 1. The third kappa shape index (κ3) is 4.11. The van der Waals surface area contributed by atoms with Crippen molar-refractivity contribution in [2.24, 2.45) is 0 Å². The molecule has 4 nitrogen and oxygen atoms in total. The van der Waals surface area contributed by atoms with Crippen molar-refractivity contribution in [3.8, 4) is 0 Å². The van der Waals surface area contributed by atoms with Crippen molar-refractivity contribution in [1.29, 1.82) is 0 Å². The van der Waals surface area contributed by atoms with E-state index in [1.165, 1.54) is 12.8 Å². The van der Waals surface area contributed by atoms with Gasteiger partial charge in [0.2, 0.25) is 0 Å². The monoisotopic (exact) mass is 282 g/mol. The zero-order valence-corrected chi connectivity index (χ0v) is 11.6. The van der Waals surface area contributed by atoms with Crippen LogP contribution in [0.2, 0.25) is 5.02 Å². The molecule has 1 saturated carbocycles. The van der Waals surface area contributed by atoms with Crippen LogP contribution in [0.3, 0.4) is 0 Å². The van der Waals surface area contributed by atoms with Gasteiger partial charge in [-0.2, -0.15) is 0 Å². The average Bonchev–Trinajstić information content (AvgIpc) is 2.90. The molecular formula is C14H19ClN2O2. The molecule has 3 N–H and O–H groups in total. The highest BCUT2D eigenvalue weighted by molar-refractivity contribution is 6.31. The first kappa shape index (κ1) is 14.2. The van der Waals surface area contributed by atoms with Gasteiger partial charge in [0.25, 0.3) is 5.91 Å². The van der Waals surface area contributed by atoms with E-state index in [2.05, 4.69) is 5.32 Å². The first-order chi connectivity index (χ1) is 9.16.